The molecule has 15 heavy (non-hydrogen) atoms. The maximum Gasteiger partial charge on any atom is 0.212 e. The number of rotatable bonds is 2. The second-order valence-corrected chi connectivity index (χ2v) is 3.22. The largest absolute Gasteiger partial charge is 0.312 e. The second-order valence-electron chi connectivity index (χ2n) is 3.22. The number of nitrogens with zero attached hydrogens (tertiary/aromatic N) is 2. The first-order chi connectivity index (χ1) is 7.24. The van der Waals surface area contributed by atoms with Gasteiger partial charge in [0.2, 0.25) is 5.96 Å². The number of hydrazine groups is 1. The first-order valence-electron chi connectivity index (χ1n) is 5.01. The van der Waals surface area contributed by atoms with Crippen molar-refractivity contribution in [2.24, 2.45) is 10.8 Å². The third-order valence-corrected chi connectivity index (χ3v) is 2.32. The lowest BCUT2D eigenvalue weighted by atomic mass is 10.2. The number of benzene rings is 1. The van der Waals surface area contributed by atoms with E-state index in [-0.39, 0.29) is 0 Å². The Morgan fingerprint density at radius 3 is 2.60 bits per heavy atom. The lowest BCUT2D eigenvalue weighted by molar-refractivity contribution is 0.926. The topological polar surface area (TPSA) is 53.6 Å². The Morgan fingerprint density at radius 1 is 1.47 bits per heavy atom. The summed E-state index contributed by atoms with van der Waals surface area (Å²) in [6, 6.07) is 8.16. The van der Waals surface area contributed by atoms with Crippen LogP contribution >= 0.6 is 0 Å². The van der Waals surface area contributed by atoms with E-state index < -0.39 is 0 Å². The van der Waals surface area contributed by atoms with Gasteiger partial charge in [-0.2, -0.15) is 0 Å². The van der Waals surface area contributed by atoms with E-state index in [2.05, 4.69) is 36.4 Å². The molecule has 0 unspecified atom stereocenters. The first-order valence-corrected chi connectivity index (χ1v) is 5.01. The number of nitrogens with one attached hydrogen (secondary N) is 1. The Bertz CT molecular complexity index is 346. The normalized spacial score (nSPS) is 11.3. The van der Waals surface area contributed by atoms with Crippen LogP contribution in [0, 0.1) is 6.92 Å². The van der Waals surface area contributed by atoms with Gasteiger partial charge in [0, 0.05) is 19.3 Å². The van der Waals surface area contributed by atoms with Gasteiger partial charge in [0.05, 0.1) is 0 Å². The van der Waals surface area contributed by atoms with E-state index in [0.717, 1.165) is 12.2 Å². The summed E-state index contributed by atoms with van der Waals surface area (Å²) >= 11 is 0. The first kappa shape index (κ1) is 11.5. The van der Waals surface area contributed by atoms with Gasteiger partial charge in [-0.05, 0) is 25.5 Å². The molecule has 0 saturated heterocycles. The van der Waals surface area contributed by atoms with Crippen molar-refractivity contribution in [2.45, 2.75) is 13.8 Å². The quantitative estimate of drug-likeness (QED) is 0.331. The summed E-state index contributed by atoms with van der Waals surface area (Å²) in [6.45, 7) is 4.96. The van der Waals surface area contributed by atoms with Crippen molar-refractivity contribution in [3.8, 4) is 0 Å². The number of hydrogen-bond acceptors (Lipinski definition) is 2. The average molecular weight is 206 g/mol. The van der Waals surface area contributed by atoms with Gasteiger partial charge in [-0.25, -0.2) is 5.84 Å². The van der Waals surface area contributed by atoms with Gasteiger partial charge in [-0.15, -0.1) is 0 Å². The van der Waals surface area contributed by atoms with Crippen LogP contribution in [0.5, 0.6) is 0 Å². The smallest absolute Gasteiger partial charge is 0.212 e. The molecule has 0 heterocycles. The maximum absolute atomic E-state index is 5.42. The monoisotopic (exact) mass is 206 g/mol. The Hall–Kier alpha value is -1.55. The number of aryl methyl sites for hydroxylation is 1. The summed E-state index contributed by atoms with van der Waals surface area (Å²) in [5, 5.41) is 0. The molecule has 0 amide bonds. The predicted molar refractivity (Wildman–Crippen MR) is 64.9 cm³/mol. The number of hydrogen-bond donors (Lipinski definition) is 2. The summed E-state index contributed by atoms with van der Waals surface area (Å²) in [7, 11) is 1.72. The Balaban J connectivity index is 3.07. The Morgan fingerprint density at radius 2 is 2.13 bits per heavy atom. The van der Waals surface area contributed by atoms with Crippen LogP contribution in [0.2, 0.25) is 0 Å². The SMILES string of the molecule is CCN(C(=NC)NN)c1ccccc1C. The highest BCUT2D eigenvalue weighted by Crippen LogP contribution is 2.18. The van der Waals surface area contributed by atoms with Crippen LogP contribution in [0.3, 0.4) is 0 Å². The van der Waals surface area contributed by atoms with E-state index in [1.54, 1.807) is 7.05 Å². The summed E-state index contributed by atoms with van der Waals surface area (Å²) in [6.07, 6.45) is 0. The van der Waals surface area contributed by atoms with Crippen LogP contribution in [-0.4, -0.2) is 19.6 Å². The minimum absolute atomic E-state index is 0.673. The van der Waals surface area contributed by atoms with Gasteiger partial charge in [0.1, 0.15) is 0 Å². The van der Waals surface area contributed by atoms with Gasteiger partial charge in [-0.3, -0.25) is 10.4 Å². The molecule has 0 atom stereocenters. The third kappa shape index (κ3) is 2.47. The molecular weight excluding hydrogens is 188 g/mol. The van der Waals surface area contributed by atoms with Gasteiger partial charge < -0.3 is 4.90 Å². The fourth-order valence-electron chi connectivity index (χ4n) is 1.56. The van der Waals surface area contributed by atoms with Crippen LogP contribution in [0.25, 0.3) is 0 Å². The zero-order valence-electron chi connectivity index (χ0n) is 9.49. The molecule has 0 spiro atoms. The highest BCUT2D eigenvalue weighted by atomic mass is 15.4. The lowest BCUT2D eigenvalue weighted by Gasteiger charge is -2.25. The van der Waals surface area contributed by atoms with Crippen molar-refractivity contribution < 1.29 is 0 Å². The molecule has 4 heteroatoms. The molecule has 1 aromatic rings. The molecule has 0 radical (unpaired) electrons. The second kappa shape index (κ2) is 5.36. The summed E-state index contributed by atoms with van der Waals surface area (Å²) in [4.78, 5) is 6.14. The number of anilines is 1. The highest BCUT2D eigenvalue weighted by Gasteiger charge is 2.11. The van der Waals surface area contributed by atoms with Gasteiger partial charge in [0.15, 0.2) is 0 Å². The standard InChI is InChI=1S/C11H18N4/c1-4-15(11(13-3)14-12)10-8-6-5-7-9(10)2/h5-8H,4,12H2,1-3H3,(H,13,14). The van der Waals surface area contributed by atoms with Crippen molar-refractivity contribution in [1.29, 1.82) is 0 Å². The molecular formula is C11H18N4. The number of guanidine groups is 1. The number of para-hydroxylation sites is 1. The molecule has 82 valence electrons. The highest BCUT2D eigenvalue weighted by molar-refractivity contribution is 5.96. The van der Waals surface area contributed by atoms with E-state index >= 15 is 0 Å². The van der Waals surface area contributed by atoms with E-state index in [4.69, 9.17) is 5.84 Å². The van der Waals surface area contributed by atoms with Crippen LogP contribution in [0.1, 0.15) is 12.5 Å². The summed E-state index contributed by atoms with van der Waals surface area (Å²) in [5.41, 5.74) is 4.93. The fraction of sp³-hybridized carbons (Fsp3) is 0.364. The molecule has 0 saturated carbocycles. The summed E-state index contributed by atoms with van der Waals surface area (Å²) < 4.78 is 0. The number of aliphatic imine (C=N–C) groups is 1. The molecule has 0 fully saturated rings. The molecule has 1 rings (SSSR count). The molecule has 0 aliphatic heterocycles. The molecule has 0 bridgehead atoms. The van der Waals surface area contributed by atoms with Gasteiger partial charge in [0.25, 0.3) is 0 Å². The predicted octanol–water partition coefficient (Wildman–Crippen LogP) is 1.27. The van der Waals surface area contributed by atoms with Crippen molar-refractivity contribution in [1.82, 2.24) is 5.43 Å². The minimum Gasteiger partial charge on any atom is -0.312 e. The van der Waals surface area contributed by atoms with Crippen LogP contribution < -0.4 is 16.2 Å². The third-order valence-electron chi connectivity index (χ3n) is 2.32. The van der Waals surface area contributed by atoms with Gasteiger partial charge in [-0.1, -0.05) is 18.2 Å². The minimum atomic E-state index is 0.673. The van der Waals surface area contributed by atoms with Crippen molar-refractivity contribution in [2.75, 3.05) is 18.5 Å². The van der Waals surface area contributed by atoms with Crippen molar-refractivity contribution in [3.05, 3.63) is 29.8 Å². The van der Waals surface area contributed by atoms with Crippen molar-refractivity contribution in [3.63, 3.8) is 0 Å². The summed E-state index contributed by atoms with van der Waals surface area (Å²) in [5.74, 6) is 6.10. The molecule has 0 aliphatic rings. The Kier molecular flexibility index (Phi) is 4.12. The molecule has 4 nitrogen and oxygen atoms in total. The molecule has 0 aliphatic carbocycles. The molecule has 0 aromatic heterocycles. The molecule has 1 aromatic carbocycles. The van der Waals surface area contributed by atoms with Crippen LogP contribution in [-0.2, 0) is 0 Å². The lowest BCUT2D eigenvalue weighted by Crippen LogP contribution is -2.45. The van der Waals surface area contributed by atoms with Crippen LogP contribution in [0.4, 0.5) is 5.69 Å². The number of nitrogens with two attached hydrogens (primary N) is 1. The van der Waals surface area contributed by atoms with E-state index in [0.29, 0.717) is 5.96 Å². The van der Waals surface area contributed by atoms with E-state index in [1.807, 2.05) is 17.0 Å². The van der Waals surface area contributed by atoms with Crippen molar-refractivity contribution >= 4 is 11.6 Å². The zero-order valence-corrected chi connectivity index (χ0v) is 9.49. The van der Waals surface area contributed by atoms with E-state index in [9.17, 15) is 0 Å². The maximum atomic E-state index is 5.42. The fourth-order valence-corrected chi connectivity index (χ4v) is 1.56. The Labute approximate surface area is 90.8 Å². The van der Waals surface area contributed by atoms with E-state index in [1.165, 1.54) is 5.56 Å². The zero-order chi connectivity index (χ0) is 11.3. The average Bonchev–Trinajstić information content (AvgIpc) is 2.27. The van der Waals surface area contributed by atoms with Crippen LogP contribution in [0.15, 0.2) is 29.3 Å². The van der Waals surface area contributed by atoms with Gasteiger partial charge >= 0.3 is 0 Å². The molecule has 3 N–H and O–H groups in total.